The first-order valence-corrected chi connectivity index (χ1v) is 19.3. The average Bonchev–Trinajstić information content (AvgIpc) is 3.24. The van der Waals surface area contributed by atoms with Gasteiger partial charge in [-0.25, -0.2) is 4.42 Å². The molecule has 0 saturated carbocycles. The highest BCUT2D eigenvalue weighted by molar-refractivity contribution is 5.96. The van der Waals surface area contributed by atoms with E-state index in [1.807, 2.05) is 53.8 Å². The van der Waals surface area contributed by atoms with Crippen molar-refractivity contribution in [3.63, 3.8) is 0 Å². The molecule has 0 bridgehead atoms. The summed E-state index contributed by atoms with van der Waals surface area (Å²) < 4.78 is 23.3. The van der Waals surface area contributed by atoms with Gasteiger partial charge in [-0.2, -0.15) is 0 Å². The number of aliphatic hydroxyl groups excluding tert-OH is 1. The molecule has 0 spiro atoms. The van der Waals surface area contributed by atoms with Gasteiger partial charge in [0.05, 0.1) is 55.6 Å². The Bertz CT molecular complexity index is 2060. The van der Waals surface area contributed by atoms with Crippen LogP contribution in [0.15, 0.2) is 64.0 Å². The van der Waals surface area contributed by atoms with Crippen LogP contribution in [0.4, 0.5) is 0 Å². The van der Waals surface area contributed by atoms with E-state index in [1.165, 1.54) is 0 Å². The quantitative estimate of drug-likeness (QED) is 0.0138. The number of ether oxygens (including phenoxy) is 3. The summed E-state index contributed by atoms with van der Waals surface area (Å²) in [7, 11) is 0. The number of rotatable bonds is 23. The molecular formula is C40H49N7O14. The topological polar surface area (TPSA) is 335 Å². The maximum absolute atomic E-state index is 13.1. The van der Waals surface area contributed by atoms with Gasteiger partial charge in [0.1, 0.15) is 23.2 Å². The maximum Gasteiger partial charge on any atom is 0.371 e. The number of hydrogen-bond acceptors (Lipinski definition) is 13. The number of aliphatic carboxylic acids is 2. The molecule has 1 aliphatic rings. The number of nitrogens with zero attached hydrogens (tertiary/aromatic N) is 1. The molecule has 21 nitrogen and oxygen atoms in total. The van der Waals surface area contributed by atoms with E-state index < -0.39 is 98.9 Å². The number of nitrogens with two attached hydrogens (primary N) is 2. The molecule has 10 N–H and O–H groups in total. The number of carboxylic acids is 2. The number of benzene rings is 2. The van der Waals surface area contributed by atoms with Gasteiger partial charge in [0.15, 0.2) is 5.96 Å². The third-order valence-electron chi connectivity index (χ3n) is 9.31. The third kappa shape index (κ3) is 15.0. The van der Waals surface area contributed by atoms with Crippen molar-refractivity contribution in [1.82, 2.24) is 21.3 Å². The Morgan fingerprint density at radius 2 is 1.62 bits per heavy atom. The smallest absolute Gasteiger partial charge is 0.371 e. The number of fused-ring (bicyclic) bond motifs is 1. The van der Waals surface area contributed by atoms with Gasteiger partial charge < -0.3 is 67.1 Å². The fourth-order valence-electron chi connectivity index (χ4n) is 6.20. The van der Waals surface area contributed by atoms with Crippen LogP contribution in [0.25, 0.3) is 22.1 Å². The normalized spacial score (nSPS) is 14.0. The van der Waals surface area contributed by atoms with Crippen LogP contribution in [0.5, 0.6) is 5.75 Å². The zero-order valence-corrected chi connectivity index (χ0v) is 33.1. The molecule has 3 unspecified atom stereocenters. The zero-order valence-electron chi connectivity index (χ0n) is 33.1. The minimum absolute atomic E-state index is 0.0246. The molecule has 0 radical (unpaired) electrons. The molecule has 4 amide bonds. The number of nitrogens with one attached hydrogen (secondary N) is 4. The Morgan fingerprint density at radius 3 is 2.30 bits per heavy atom. The summed E-state index contributed by atoms with van der Waals surface area (Å²) in [5, 5.41) is 38.7. The second-order valence-electron chi connectivity index (χ2n) is 13.8. The SMILES string of the molecule is NC(N)=NCCCC(NC(=O)CCC(=O)OCOc1cc(C2CCOCC2)[o+]c2c(-c3ccccc3)cccc12)C(=O)NCC(=O)NC(CC(=O)O)C(=O)NC(CO)C(=O)[O-]. The molecule has 21 heteroatoms. The number of guanidine groups is 1. The summed E-state index contributed by atoms with van der Waals surface area (Å²) in [6.07, 6.45) is -0.0811. The van der Waals surface area contributed by atoms with Gasteiger partial charge in [-0.3, -0.25) is 33.8 Å². The predicted octanol–water partition coefficient (Wildman–Crippen LogP) is -1.22. The lowest BCUT2D eigenvalue weighted by molar-refractivity contribution is -0.309. The Hall–Kier alpha value is -6.87. The van der Waals surface area contributed by atoms with Crippen LogP contribution < -0.4 is 42.6 Å². The number of carbonyl (C=O) groups excluding carboxylic acids is 6. The molecule has 328 valence electrons. The largest absolute Gasteiger partial charge is 0.548 e. The molecule has 2 heterocycles. The van der Waals surface area contributed by atoms with Crippen molar-refractivity contribution in [3.8, 4) is 16.9 Å². The summed E-state index contributed by atoms with van der Waals surface area (Å²) in [5.74, 6) is -7.03. The summed E-state index contributed by atoms with van der Waals surface area (Å²) in [6.45, 7) is -1.09. The monoisotopic (exact) mass is 851 g/mol. The van der Waals surface area contributed by atoms with E-state index in [-0.39, 0.29) is 31.3 Å². The van der Waals surface area contributed by atoms with Crippen LogP contribution >= 0.6 is 0 Å². The number of esters is 1. The van der Waals surface area contributed by atoms with Gasteiger partial charge in [-0.1, -0.05) is 36.4 Å². The van der Waals surface area contributed by atoms with Crippen LogP contribution in [-0.4, -0.2) is 116 Å². The highest BCUT2D eigenvalue weighted by Crippen LogP contribution is 2.39. The number of para-hydroxylation sites is 1. The van der Waals surface area contributed by atoms with Crippen molar-refractivity contribution in [2.75, 3.05) is 39.7 Å². The first-order valence-electron chi connectivity index (χ1n) is 19.3. The lowest BCUT2D eigenvalue weighted by Gasteiger charge is -2.22. The predicted molar refractivity (Wildman–Crippen MR) is 213 cm³/mol. The Morgan fingerprint density at radius 1 is 0.902 bits per heavy atom. The molecule has 1 saturated heterocycles. The first-order chi connectivity index (χ1) is 29.2. The summed E-state index contributed by atoms with van der Waals surface area (Å²) in [4.78, 5) is 90.1. The molecule has 61 heavy (non-hydrogen) atoms. The van der Waals surface area contributed by atoms with Crippen LogP contribution in [0.3, 0.4) is 0 Å². The van der Waals surface area contributed by atoms with Gasteiger partial charge >= 0.3 is 23.3 Å². The standard InChI is InChI=1S/C40H49N7O14/c41-40(42)43-15-5-10-27(37(54)44-20-33(50)46-28(18-34(51)52)38(55)47-29(21-48)39(56)57)45-32(49)11-12-35(53)60-22-59-31-19-30(24-13-16-58-17-14-24)61-36-25(8-4-9-26(31)36)23-6-2-1-3-7-23/h1-4,6-9,19,24,27-29,48H,5,10-18,20-22H2,(H9-,41,42,43,44,45,46,47,49,50,51,52,54,55,56,57). The Balaban J connectivity index is 1.34. The molecule has 2 aromatic carbocycles. The number of hydrogen-bond donors (Lipinski definition) is 8. The molecule has 1 fully saturated rings. The molecule has 3 aromatic rings. The van der Waals surface area contributed by atoms with Crippen LogP contribution in [-0.2, 0) is 43.0 Å². The van der Waals surface area contributed by atoms with E-state index >= 15 is 0 Å². The van der Waals surface area contributed by atoms with E-state index in [0.29, 0.717) is 35.7 Å². The number of aliphatic hydroxyl groups is 1. The molecule has 1 aromatic heterocycles. The van der Waals surface area contributed by atoms with Gasteiger partial charge in [0, 0.05) is 26.2 Å². The highest BCUT2D eigenvalue weighted by atomic mass is 16.7. The molecular weight excluding hydrogens is 802 g/mol. The molecule has 1 aliphatic heterocycles. The lowest BCUT2D eigenvalue weighted by Crippen LogP contribution is -2.57. The van der Waals surface area contributed by atoms with Crippen LogP contribution in [0.2, 0.25) is 0 Å². The summed E-state index contributed by atoms with van der Waals surface area (Å²) in [6, 6.07) is 12.2. The maximum atomic E-state index is 13.1. The lowest BCUT2D eigenvalue weighted by atomic mass is 9.96. The summed E-state index contributed by atoms with van der Waals surface area (Å²) in [5.41, 5.74) is 13.1. The number of carbonyl (C=O) groups is 7. The van der Waals surface area contributed by atoms with Gasteiger partial charge in [-0.15, -0.1) is 0 Å². The van der Waals surface area contributed by atoms with Crippen molar-refractivity contribution in [3.05, 3.63) is 60.4 Å². The first kappa shape index (κ1) is 46.8. The minimum Gasteiger partial charge on any atom is -0.548 e. The fraction of sp³-hybridized carbons (Fsp3) is 0.425. The molecule has 3 atom stereocenters. The second-order valence-corrected chi connectivity index (χ2v) is 13.8. The second kappa shape index (κ2) is 23.7. The van der Waals surface area contributed by atoms with Gasteiger partial charge in [-0.05, 0) is 43.4 Å². The number of aliphatic imine (C=N–C) groups is 1. The van der Waals surface area contributed by atoms with Gasteiger partial charge in [0.25, 0.3) is 0 Å². The third-order valence-corrected chi connectivity index (χ3v) is 9.31. The van der Waals surface area contributed by atoms with Gasteiger partial charge in [0.2, 0.25) is 30.4 Å². The van der Waals surface area contributed by atoms with E-state index in [2.05, 4.69) is 20.9 Å². The zero-order chi connectivity index (χ0) is 44.3. The molecule has 4 rings (SSSR count). The van der Waals surface area contributed by atoms with E-state index in [4.69, 9.17) is 40.3 Å². The summed E-state index contributed by atoms with van der Waals surface area (Å²) >= 11 is 0. The van der Waals surface area contributed by atoms with Crippen molar-refractivity contribution < 1.29 is 67.5 Å². The van der Waals surface area contributed by atoms with Crippen molar-refractivity contribution >= 4 is 58.5 Å². The van der Waals surface area contributed by atoms with Crippen molar-refractivity contribution in [2.45, 2.75) is 69.0 Å². The fourth-order valence-corrected chi connectivity index (χ4v) is 6.20. The van der Waals surface area contributed by atoms with E-state index in [0.717, 1.165) is 24.0 Å². The minimum atomic E-state index is -1.88. The Labute approximate surface area is 349 Å². The molecule has 0 aliphatic carbocycles. The van der Waals surface area contributed by atoms with Crippen LogP contribution in [0.1, 0.15) is 56.6 Å². The van der Waals surface area contributed by atoms with Crippen molar-refractivity contribution in [2.24, 2.45) is 16.5 Å². The van der Waals surface area contributed by atoms with Crippen LogP contribution in [0, 0.1) is 0 Å². The number of carboxylic acid groups (broad SMARTS) is 2. The van der Waals surface area contributed by atoms with E-state index in [1.54, 1.807) is 6.07 Å². The van der Waals surface area contributed by atoms with Crippen molar-refractivity contribution in [1.29, 1.82) is 0 Å². The average molecular weight is 852 g/mol. The highest BCUT2D eigenvalue weighted by Gasteiger charge is 2.31. The van der Waals surface area contributed by atoms with E-state index in [9.17, 15) is 38.7 Å². The Kier molecular flexibility index (Phi) is 18.2. The number of amides is 4.